The van der Waals surface area contributed by atoms with Crippen LogP contribution in [0.25, 0.3) is 0 Å². The van der Waals surface area contributed by atoms with Gasteiger partial charge in [0, 0.05) is 37.6 Å². The molecule has 1 aromatic carbocycles. The minimum atomic E-state index is -0.424. The minimum Gasteiger partial charge on any atom is -0.441 e. The highest BCUT2D eigenvalue weighted by Crippen LogP contribution is 2.25. The van der Waals surface area contributed by atoms with Gasteiger partial charge in [0.15, 0.2) is 0 Å². The van der Waals surface area contributed by atoms with Crippen LogP contribution < -0.4 is 9.80 Å². The molecule has 0 spiro atoms. The van der Waals surface area contributed by atoms with Crippen LogP contribution >= 0.6 is 9.39 Å². The van der Waals surface area contributed by atoms with Gasteiger partial charge >= 0.3 is 6.09 Å². The lowest BCUT2D eigenvalue weighted by Crippen LogP contribution is -2.42. The van der Waals surface area contributed by atoms with Crippen LogP contribution in [0.1, 0.15) is 0 Å². The lowest BCUT2D eigenvalue weighted by Gasteiger charge is -2.34. The van der Waals surface area contributed by atoms with Crippen molar-refractivity contribution in [3.63, 3.8) is 0 Å². The number of cyclic esters (lactones) is 1. The first-order chi connectivity index (χ1) is 10.2. The first-order valence-corrected chi connectivity index (χ1v) is 7.62. The minimum absolute atomic E-state index is 0.139. The standard InChI is InChI=1S/C14H20N3O3P/c18-10-13-9-17(14(19)20-13)12-3-1-11(2-4-12)15-5-7-16(21)8-6-15/h1-4,13,18H,5-10,21H2/t13-/m1/s1. The number of nitrogens with zero attached hydrogens (tertiary/aromatic N) is 3. The maximum absolute atomic E-state index is 11.7. The number of amides is 1. The Morgan fingerprint density at radius 1 is 1.14 bits per heavy atom. The summed E-state index contributed by atoms with van der Waals surface area (Å²) in [5.74, 6) is 0. The van der Waals surface area contributed by atoms with Crippen LogP contribution in [0.15, 0.2) is 24.3 Å². The molecule has 2 atom stereocenters. The molecule has 6 nitrogen and oxygen atoms in total. The van der Waals surface area contributed by atoms with Gasteiger partial charge < -0.3 is 14.7 Å². The number of carbonyl (C=O) groups is 1. The Morgan fingerprint density at radius 3 is 2.33 bits per heavy atom. The Balaban J connectivity index is 1.68. The summed E-state index contributed by atoms with van der Waals surface area (Å²) >= 11 is 0. The molecule has 2 saturated heterocycles. The molecule has 1 N–H and O–H groups in total. The quantitative estimate of drug-likeness (QED) is 0.841. The van der Waals surface area contributed by atoms with E-state index in [9.17, 15) is 4.79 Å². The van der Waals surface area contributed by atoms with Crippen molar-refractivity contribution in [1.29, 1.82) is 0 Å². The molecule has 0 bridgehead atoms. The number of hydrogen-bond acceptors (Lipinski definition) is 5. The fourth-order valence-corrected chi connectivity index (χ4v) is 2.88. The SMILES string of the molecule is O=C1O[C@@H](CO)CN1c1ccc(N2CCN(P)CC2)cc1. The van der Waals surface area contributed by atoms with Crippen LogP contribution in [0, 0.1) is 0 Å². The number of piperazine rings is 1. The second-order valence-electron chi connectivity index (χ2n) is 5.34. The van der Waals surface area contributed by atoms with E-state index in [0.717, 1.165) is 31.9 Å². The number of hydrogen-bond donors (Lipinski definition) is 1. The van der Waals surface area contributed by atoms with Gasteiger partial charge in [-0.25, -0.2) is 4.79 Å². The number of ether oxygens (including phenoxy) is 1. The van der Waals surface area contributed by atoms with E-state index >= 15 is 0 Å². The number of benzene rings is 1. The smallest absolute Gasteiger partial charge is 0.414 e. The second-order valence-corrected chi connectivity index (χ2v) is 6.07. The molecular weight excluding hydrogens is 289 g/mol. The summed E-state index contributed by atoms with van der Waals surface area (Å²) in [4.78, 5) is 15.6. The zero-order valence-corrected chi connectivity index (χ0v) is 13.0. The summed E-state index contributed by atoms with van der Waals surface area (Å²) in [6, 6.07) is 7.94. The number of anilines is 2. The summed E-state index contributed by atoms with van der Waals surface area (Å²) in [6.45, 7) is 4.33. The van der Waals surface area contributed by atoms with Crippen molar-refractivity contribution in [3.05, 3.63) is 24.3 Å². The number of rotatable bonds is 3. The van der Waals surface area contributed by atoms with Crippen molar-refractivity contribution in [1.82, 2.24) is 4.67 Å². The van der Waals surface area contributed by atoms with Crippen molar-refractivity contribution >= 4 is 26.9 Å². The fourth-order valence-electron chi connectivity index (χ4n) is 2.65. The van der Waals surface area contributed by atoms with Crippen LogP contribution in [0.4, 0.5) is 16.2 Å². The van der Waals surface area contributed by atoms with Crippen LogP contribution in [-0.2, 0) is 4.74 Å². The number of carbonyl (C=O) groups excluding carboxylic acids is 1. The number of aliphatic hydroxyl groups is 1. The molecule has 1 amide bonds. The largest absolute Gasteiger partial charge is 0.441 e. The predicted octanol–water partition coefficient (Wildman–Crippen LogP) is 0.916. The van der Waals surface area contributed by atoms with Crippen molar-refractivity contribution in [3.8, 4) is 0 Å². The van der Waals surface area contributed by atoms with E-state index in [1.165, 1.54) is 5.69 Å². The molecule has 2 aliphatic rings. The molecule has 3 rings (SSSR count). The van der Waals surface area contributed by atoms with Crippen molar-refractivity contribution in [2.45, 2.75) is 6.10 Å². The highest BCUT2D eigenvalue weighted by Gasteiger charge is 2.31. The topological polar surface area (TPSA) is 56.3 Å². The van der Waals surface area contributed by atoms with Gasteiger partial charge in [-0.3, -0.25) is 9.57 Å². The molecule has 0 saturated carbocycles. The lowest BCUT2D eigenvalue weighted by atomic mass is 10.2. The summed E-state index contributed by atoms with van der Waals surface area (Å²) in [5, 5.41) is 9.07. The first kappa shape index (κ1) is 14.6. The van der Waals surface area contributed by atoms with E-state index in [-0.39, 0.29) is 6.61 Å². The molecule has 7 heteroatoms. The predicted molar refractivity (Wildman–Crippen MR) is 84.6 cm³/mol. The van der Waals surface area contributed by atoms with Crippen LogP contribution in [-0.4, -0.2) is 61.3 Å². The average Bonchev–Trinajstić information content (AvgIpc) is 2.89. The second kappa shape index (κ2) is 6.18. The zero-order chi connectivity index (χ0) is 14.8. The van der Waals surface area contributed by atoms with Crippen molar-refractivity contribution in [2.75, 3.05) is 49.1 Å². The van der Waals surface area contributed by atoms with E-state index in [2.05, 4.69) is 19.0 Å². The molecule has 1 unspecified atom stereocenters. The van der Waals surface area contributed by atoms with Gasteiger partial charge in [0.2, 0.25) is 0 Å². The monoisotopic (exact) mass is 309 g/mol. The summed E-state index contributed by atoms with van der Waals surface area (Å²) in [7, 11) is 2.74. The Kier molecular flexibility index (Phi) is 4.29. The van der Waals surface area contributed by atoms with Gasteiger partial charge in [-0.15, -0.1) is 0 Å². The summed E-state index contributed by atoms with van der Waals surface area (Å²) < 4.78 is 7.29. The van der Waals surface area contributed by atoms with Gasteiger partial charge in [-0.05, 0) is 24.3 Å². The molecule has 2 heterocycles. The Morgan fingerprint density at radius 2 is 1.76 bits per heavy atom. The molecule has 114 valence electrons. The molecule has 0 radical (unpaired) electrons. The van der Waals surface area contributed by atoms with Gasteiger partial charge in [0.1, 0.15) is 6.10 Å². The van der Waals surface area contributed by atoms with Gasteiger partial charge in [0.05, 0.1) is 13.2 Å². The normalized spacial score (nSPS) is 23.5. The molecule has 2 fully saturated rings. The fraction of sp³-hybridized carbons (Fsp3) is 0.500. The first-order valence-electron chi connectivity index (χ1n) is 7.11. The Labute approximate surface area is 126 Å². The van der Waals surface area contributed by atoms with Crippen molar-refractivity contribution in [2.24, 2.45) is 0 Å². The van der Waals surface area contributed by atoms with E-state index in [1.807, 2.05) is 24.3 Å². The zero-order valence-electron chi connectivity index (χ0n) is 11.8. The summed E-state index contributed by atoms with van der Waals surface area (Å²) in [5.41, 5.74) is 1.98. The molecule has 2 aliphatic heterocycles. The molecular formula is C14H20N3O3P. The Hall–Kier alpha value is -1.36. The molecule has 1 aromatic rings. The van der Waals surface area contributed by atoms with E-state index < -0.39 is 12.2 Å². The maximum atomic E-state index is 11.7. The third kappa shape index (κ3) is 3.12. The van der Waals surface area contributed by atoms with Gasteiger partial charge in [-0.2, -0.15) is 0 Å². The lowest BCUT2D eigenvalue weighted by molar-refractivity contribution is 0.0963. The molecule has 21 heavy (non-hydrogen) atoms. The highest BCUT2D eigenvalue weighted by atomic mass is 31.0. The molecule has 0 aliphatic carbocycles. The van der Waals surface area contributed by atoms with Gasteiger partial charge in [-0.1, -0.05) is 9.39 Å². The maximum Gasteiger partial charge on any atom is 0.414 e. The highest BCUT2D eigenvalue weighted by molar-refractivity contribution is 7.13. The number of aliphatic hydroxyl groups excluding tert-OH is 1. The third-order valence-corrected chi connectivity index (χ3v) is 4.43. The van der Waals surface area contributed by atoms with E-state index in [4.69, 9.17) is 9.84 Å². The van der Waals surface area contributed by atoms with Gasteiger partial charge in [0.25, 0.3) is 0 Å². The van der Waals surface area contributed by atoms with Crippen LogP contribution in [0.5, 0.6) is 0 Å². The van der Waals surface area contributed by atoms with E-state index in [1.54, 1.807) is 4.90 Å². The van der Waals surface area contributed by atoms with Crippen LogP contribution in [0.3, 0.4) is 0 Å². The summed E-state index contributed by atoms with van der Waals surface area (Å²) in [6.07, 6.45) is -0.814. The third-order valence-electron chi connectivity index (χ3n) is 3.92. The van der Waals surface area contributed by atoms with E-state index in [0.29, 0.717) is 6.54 Å². The van der Waals surface area contributed by atoms with Crippen LogP contribution in [0.2, 0.25) is 0 Å². The average molecular weight is 309 g/mol. The van der Waals surface area contributed by atoms with Crippen molar-refractivity contribution < 1.29 is 14.6 Å². The Bertz CT molecular complexity index is 503. The molecule has 0 aromatic heterocycles.